The van der Waals surface area contributed by atoms with Crippen molar-refractivity contribution >= 4 is 16.8 Å². The molecule has 64 valence electrons. The van der Waals surface area contributed by atoms with Gasteiger partial charge in [-0.05, 0) is 31.0 Å². The summed E-state index contributed by atoms with van der Waals surface area (Å²) in [4.78, 5) is 21.6. The minimum atomic E-state index is -0.603. The van der Waals surface area contributed by atoms with Crippen molar-refractivity contribution < 1.29 is 9.21 Å². The van der Waals surface area contributed by atoms with Crippen LogP contribution in [-0.2, 0) is 0 Å². The number of carbonyl (C=O) groups excluding carboxylic acids is 1. The molecule has 0 spiro atoms. The van der Waals surface area contributed by atoms with Gasteiger partial charge >= 0.3 is 5.63 Å². The normalized spacial score (nSPS) is 9.92. The Bertz CT molecular complexity index is 352. The highest BCUT2D eigenvalue weighted by atomic mass is 35.5. The monoisotopic (exact) mass is 186 g/mol. The maximum Gasteiger partial charge on any atom is 0.336 e. The van der Waals surface area contributed by atoms with Gasteiger partial charge in [0.25, 0.3) is 5.24 Å². The number of halogens is 1. The summed E-state index contributed by atoms with van der Waals surface area (Å²) >= 11 is 5.27. The number of rotatable bonds is 1. The lowest BCUT2D eigenvalue weighted by Crippen LogP contribution is -2.06. The molecular weight excluding hydrogens is 180 g/mol. The fraction of sp³-hybridized carbons (Fsp3) is 0.250. The van der Waals surface area contributed by atoms with Gasteiger partial charge in [-0.25, -0.2) is 4.79 Å². The topological polar surface area (TPSA) is 47.3 Å². The third kappa shape index (κ3) is 1.56. The van der Waals surface area contributed by atoms with Crippen molar-refractivity contribution in [1.29, 1.82) is 0 Å². The highest BCUT2D eigenvalue weighted by Gasteiger charge is 2.11. The van der Waals surface area contributed by atoms with Gasteiger partial charge in [0, 0.05) is 6.07 Å². The van der Waals surface area contributed by atoms with Crippen LogP contribution < -0.4 is 5.63 Å². The van der Waals surface area contributed by atoms with Crippen LogP contribution in [0.3, 0.4) is 0 Å². The molecule has 0 radical (unpaired) electrons. The molecule has 0 fully saturated rings. The first-order valence-corrected chi connectivity index (χ1v) is 3.71. The molecule has 4 heteroatoms. The third-order valence-corrected chi connectivity index (χ3v) is 1.72. The fourth-order valence-electron chi connectivity index (χ4n) is 1.05. The number of hydrogen-bond acceptors (Lipinski definition) is 3. The highest BCUT2D eigenvalue weighted by Crippen LogP contribution is 2.12. The van der Waals surface area contributed by atoms with E-state index in [1.54, 1.807) is 6.92 Å². The molecule has 0 bridgehead atoms. The molecule has 1 aromatic heterocycles. The first-order valence-electron chi connectivity index (χ1n) is 3.33. The quantitative estimate of drug-likeness (QED) is 0.627. The van der Waals surface area contributed by atoms with Crippen molar-refractivity contribution in [3.63, 3.8) is 0 Å². The van der Waals surface area contributed by atoms with Gasteiger partial charge in [0.15, 0.2) is 0 Å². The number of carbonyl (C=O) groups is 1. The van der Waals surface area contributed by atoms with Crippen LogP contribution in [-0.4, -0.2) is 5.24 Å². The van der Waals surface area contributed by atoms with Crippen LogP contribution in [0.5, 0.6) is 0 Å². The Kier molecular flexibility index (Phi) is 2.33. The first kappa shape index (κ1) is 9.00. The van der Waals surface area contributed by atoms with Gasteiger partial charge < -0.3 is 4.42 Å². The lowest BCUT2D eigenvalue weighted by molar-refractivity contribution is 0.107. The van der Waals surface area contributed by atoms with E-state index in [1.807, 2.05) is 0 Å². The van der Waals surface area contributed by atoms with Crippen LogP contribution in [0.2, 0.25) is 0 Å². The molecule has 0 N–H and O–H groups in total. The van der Waals surface area contributed by atoms with E-state index in [4.69, 9.17) is 11.6 Å². The van der Waals surface area contributed by atoms with Crippen LogP contribution in [0, 0.1) is 13.8 Å². The second-order valence-corrected chi connectivity index (χ2v) is 2.80. The summed E-state index contributed by atoms with van der Waals surface area (Å²) in [7, 11) is 0. The van der Waals surface area contributed by atoms with Gasteiger partial charge in [-0.1, -0.05) is 0 Å². The van der Waals surface area contributed by atoms with Crippen LogP contribution in [0.4, 0.5) is 0 Å². The van der Waals surface area contributed by atoms with E-state index in [1.165, 1.54) is 13.0 Å². The molecule has 1 aromatic rings. The maximum atomic E-state index is 10.8. The first-order chi connectivity index (χ1) is 5.52. The standard InChI is InChI=1S/C8H7ClO3/c1-4-3-6(10)12-5(2)7(4)8(9)11/h3H,1-2H3. The average molecular weight is 187 g/mol. The largest absolute Gasteiger partial charge is 0.427 e. The number of hydrogen-bond donors (Lipinski definition) is 0. The van der Waals surface area contributed by atoms with Gasteiger partial charge in [-0.2, -0.15) is 0 Å². The fourth-order valence-corrected chi connectivity index (χ4v) is 1.33. The van der Waals surface area contributed by atoms with Crippen molar-refractivity contribution in [1.82, 2.24) is 0 Å². The van der Waals surface area contributed by atoms with Gasteiger partial charge in [-0.15, -0.1) is 0 Å². The summed E-state index contributed by atoms with van der Waals surface area (Å²) in [5, 5.41) is -0.603. The lowest BCUT2D eigenvalue weighted by Gasteiger charge is -2.00. The molecule has 1 rings (SSSR count). The molecule has 0 aliphatic carbocycles. The SMILES string of the molecule is Cc1cc(=O)oc(C)c1C(=O)Cl. The van der Waals surface area contributed by atoms with Crippen LogP contribution in [0.1, 0.15) is 21.7 Å². The van der Waals surface area contributed by atoms with E-state index in [2.05, 4.69) is 4.42 Å². The zero-order chi connectivity index (χ0) is 9.30. The Morgan fingerprint density at radius 2 is 2.08 bits per heavy atom. The molecule has 0 saturated heterocycles. The lowest BCUT2D eigenvalue weighted by atomic mass is 10.1. The summed E-state index contributed by atoms with van der Waals surface area (Å²) in [6.45, 7) is 3.17. The zero-order valence-corrected chi connectivity index (χ0v) is 7.44. The van der Waals surface area contributed by atoms with Gasteiger partial charge in [0.2, 0.25) is 0 Å². The summed E-state index contributed by atoms with van der Waals surface area (Å²) < 4.78 is 4.69. The molecule has 3 nitrogen and oxygen atoms in total. The molecule has 0 aliphatic heterocycles. The van der Waals surface area contributed by atoms with Crippen molar-refractivity contribution in [2.24, 2.45) is 0 Å². The van der Waals surface area contributed by atoms with Crippen LogP contribution >= 0.6 is 11.6 Å². The highest BCUT2D eigenvalue weighted by molar-refractivity contribution is 6.68. The molecule has 0 atom stereocenters. The Balaban J connectivity index is 3.48. The minimum absolute atomic E-state index is 0.264. The second-order valence-electron chi connectivity index (χ2n) is 2.45. The van der Waals surface area contributed by atoms with Crippen molar-refractivity contribution in [2.45, 2.75) is 13.8 Å². The van der Waals surface area contributed by atoms with E-state index in [-0.39, 0.29) is 11.3 Å². The van der Waals surface area contributed by atoms with Gasteiger partial charge in [0.1, 0.15) is 5.76 Å². The van der Waals surface area contributed by atoms with Gasteiger partial charge in [0.05, 0.1) is 5.56 Å². The third-order valence-electron chi connectivity index (χ3n) is 1.53. The summed E-state index contributed by atoms with van der Waals surface area (Å²) in [6, 6.07) is 1.24. The predicted octanol–water partition coefficient (Wildman–Crippen LogP) is 1.64. The molecule has 1 heterocycles. The molecule has 0 amide bonds. The van der Waals surface area contributed by atoms with Crippen molar-refractivity contribution in [3.8, 4) is 0 Å². The van der Waals surface area contributed by atoms with Crippen molar-refractivity contribution in [2.75, 3.05) is 0 Å². The summed E-state index contributed by atoms with van der Waals surface area (Å²) in [5.41, 5.74) is 0.353. The average Bonchev–Trinajstić information content (AvgIpc) is 1.82. The molecule has 0 saturated carbocycles. The van der Waals surface area contributed by atoms with Crippen LogP contribution in [0.25, 0.3) is 0 Å². The van der Waals surface area contributed by atoms with Crippen LogP contribution in [0.15, 0.2) is 15.3 Å². The Morgan fingerprint density at radius 3 is 2.50 bits per heavy atom. The Hall–Kier alpha value is -1.09. The summed E-state index contributed by atoms with van der Waals surface area (Å²) in [6.07, 6.45) is 0. The van der Waals surface area contributed by atoms with E-state index in [0.717, 1.165) is 0 Å². The Labute approximate surface area is 74.0 Å². The van der Waals surface area contributed by atoms with Crippen molar-refractivity contribution in [3.05, 3.63) is 33.4 Å². The van der Waals surface area contributed by atoms with Gasteiger partial charge in [-0.3, -0.25) is 4.79 Å². The van der Waals surface area contributed by atoms with E-state index >= 15 is 0 Å². The minimum Gasteiger partial charge on any atom is -0.427 e. The summed E-state index contributed by atoms with van der Waals surface area (Å²) in [5.74, 6) is 0.264. The molecule has 0 unspecified atom stereocenters. The maximum absolute atomic E-state index is 10.8. The molecule has 0 aliphatic rings. The molecule has 12 heavy (non-hydrogen) atoms. The smallest absolute Gasteiger partial charge is 0.336 e. The number of aryl methyl sites for hydroxylation is 2. The zero-order valence-electron chi connectivity index (χ0n) is 6.68. The van der Waals surface area contributed by atoms with E-state index in [9.17, 15) is 9.59 Å². The molecule has 0 aromatic carbocycles. The Morgan fingerprint density at radius 1 is 1.50 bits per heavy atom. The second kappa shape index (κ2) is 3.11. The van der Waals surface area contributed by atoms with E-state index < -0.39 is 10.9 Å². The predicted molar refractivity (Wildman–Crippen MR) is 44.6 cm³/mol. The molecular formula is C8H7ClO3. The van der Waals surface area contributed by atoms with E-state index in [0.29, 0.717) is 5.56 Å².